The lowest BCUT2D eigenvalue weighted by Crippen LogP contribution is -2.28. The van der Waals surface area contributed by atoms with Gasteiger partial charge in [0.25, 0.3) is 0 Å². The molecule has 0 aromatic heterocycles. The number of nitrogens with one attached hydrogen (secondary N) is 1. The molecule has 0 atom stereocenters. The maximum Gasteiger partial charge on any atom is 0.242 e. The molecule has 0 aliphatic carbocycles. The van der Waals surface area contributed by atoms with Crippen molar-refractivity contribution in [3.63, 3.8) is 0 Å². The average molecular weight is 292 g/mol. The number of hydrogen-bond donors (Lipinski definition) is 3. The Bertz CT molecular complexity index is 545. The summed E-state index contributed by atoms with van der Waals surface area (Å²) in [5.74, 6) is -0.581. The normalized spacial score (nSPS) is 11.4. The van der Waals surface area contributed by atoms with Gasteiger partial charge in [0.15, 0.2) is 0 Å². The standard InChI is InChI=1S/C10H14ClN3O3S/c11-8-5-7(6-12)1-2-9(8)18(16,17)14-4-3-10(13)15/h1-2,5,14H,3-4,6,12H2,(H2,13,15). The first-order chi connectivity index (χ1) is 8.36. The molecule has 0 aliphatic rings. The minimum absolute atomic E-state index is 0.0502. The maximum atomic E-state index is 11.9. The van der Waals surface area contributed by atoms with Gasteiger partial charge in [-0.15, -0.1) is 0 Å². The van der Waals surface area contributed by atoms with Gasteiger partial charge in [0.2, 0.25) is 15.9 Å². The summed E-state index contributed by atoms with van der Waals surface area (Å²) in [6, 6.07) is 4.44. The van der Waals surface area contributed by atoms with Crippen molar-refractivity contribution in [1.82, 2.24) is 4.72 Å². The van der Waals surface area contributed by atoms with Crippen LogP contribution in [0.3, 0.4) is 0 Å². The van der Waals surface area contributed by atoms with Crippen molar-refractivity contribution in [2.75, 3.05) is 6.54 Å². The molecular weight excluding hydrogens is 278 g/mol. The van der Waals surface area contributed by atoms with E-state index in [1.165, 1.54) is 12.1 Å². The Hall–Kier alpha value is -1.15. The number of nitrogens with two attached hydrogens (primary N) is 2. The lowest BCUT2D eigenvalue weighted by atomic mass is 10.2. The predicted octanol–water partition coefficient (Wildman–Crippen LogP) is -0.0476. The van der Waals surface area contributed by atoms with Crippen molar-refractivity contribution in [2.24, 2.45) is 11.5 Å². The van der Waals surface area contributed by atoms with Gasteiger partial charge in [0.1, 0.15) is 4.90 Å². The van der Waals surface area contributed by atoms with Gasteiger partial charge in [-0.05, 0) is 17.7 Å². The molecule has 0 unspecified atom stereocenters. The zero-order chi connectivity index (χ0) is 13.8. The quantitative estimate of drug-likeness (QED) is 0.681. The molecule has 6 nitrogen and oxygen atoms in total. The summed E-state index contributed by atoms with van der Waals surface area (Å²) in [5, 5.41) is 0.0875. The molecular formula is C10H14ClN3O3S. The molecule has 0 aliphatic heterocycles. The Kier molecular flexibility index (Phi) is 5.09. The first kappa shape index (κ1) is 14.9. The summed E-state index contributed by atoms with van der Waals surface area (Å²) in [5.41, 5.74) is 11.1. The molecule has 1 amide bonds. The SMILES string of the molecule is NCc1ccc(S(=O)(=O)NCCC(N)=O)c(Cl)c1. The van der Waals surface area contributed by atoms with E-state index in [1.54, 1.807) is 6.07 Å². The molecule has 18 heavy (non-hydrogen) atoms. The summed E-state index contributed by atoms with van der Waals surface area (Å²) in [4.78, 5) is 10.5. The van der Waals surface area contributed by atoms with E-state index in [0.717, 1.165) is 5.56 Å². The lowest BCUT2D eigenvalue weighted by Gasteiger charge is -2.08. The van der Waals surface area contributed by atoms with Crippen molar-refractivity contribution in [2.45, 2.75) is 17.9 Å². The second kappa shape index (κ2) is 6.14. The van der Waals surface area contributed by atoms with Crippen molar-refractivity contribution < 1.29 is 13.2 Å². The van der Waals surface area contributed by atoms with Crippen LogP contribution in [0.25, 0.3) is 0 Å². The van der Waals surface area contributed by atoms with Crippen LogP contribution in [0.2, 0.25) is 5.02 Å². The number of amides is 1. The van der Waals surface area contributed by atoms with E-state index in [4.69, 9.17) is 23.1 Å². The van der Waals surface area contributed by atoms with Gasteiger partial charge in [0, 0.05) is 19.5 Å². The Morgan fingerprint density at radius 3 is 2.56 bits per heavy atom. The molecule has 0 radical (unpaired) electrons. The molecule has 5 N–H and O–H groups in total. The van der Waals surface area contributed by atoms with Crippen LogP contribution in [0, 0.1) is 0 Å². The lowest BCUT2D eigenvalue weighted by molar-refractivity contribution is -0.117. The third kappa shape index (κ3) is 3.95. The summed E-state index contributed by atoms with van der Waals surface area (Å²) in [6.45, 7) is 0.210. The number of primary amides is 1. The van der Waals surface area contributed by atoms with E-state index < -0.39 is 15.9 Å². The van der Waals surface area contributed by atoms with E-state index in [2.05, 4.69) is 4.72 Å². The van der Waals surface area contributed by atoms with Gasteiger partial charge in [-0.3, -0.25) is 4.79 Å². The first-order valence-corrected chi connectivity index (χ1v) is 6.99. The molecule has 100 valence electrons. The molecule has 0 saturated carbocycles. The largest absolute Gasteiger partial charge is 0.370 e. The van der Waals surface area contributed by atoms with E-state index in [1.807, 2.05) is 0 Å². The Morgan fingerprint density at radius 2 is 2.06 bits per heavy atom. The number of rotatable bonds is 6. The number of halogens is 1. The second-order valence-corrected chi connectivity index (χ2v) is 5.73. The van der Waals surface area contributed by atoms with E-state index in [9.17, 15) is 13.2 Å². The molecule has 1 aromatic carbocycles. The smallest absolute Gasteiger partial charge is 0.242 e. The number of benzene rings is 1. The number of carbonyl (C=O) groups is 1. The molecule has 0 bridgehead atoms. The van der Waals surface area contributed by atoms with Crippen molar-refractivity contribution in [3.05, 3.63) is 28.8 Å². The fraction of sp³-hybridized carbons (Fsp3) is 0.300. The number of sulfonamides is 1. The Labute approximate surface area is 110 Å². The van der Waals surface area contributed by atoms with E-state index >= 15 is 0 Å². The number of carbonyl (C=O) groups excluding carboxylic acids is 1. The zero-order valence-corrected chi connectivity index (χ0v) is 11.1. The van der Waals surface area contributed by atoms with Crippen LogP contribution < -0.4 is 16.2 Å². The minimum atomic E-state index is -3.74. The average Bonchev–Trinajstić information content (AvgIpc) is 2.27. The maximum absolute atomic E-state index is 11.9. The molecule has 0 saturated heterocycles. The van der Waals surface area contributed by atoms with Gasteiger partial charge in [-0.25, -0.2) is 13.1 Å². The van der Waals surface area contributed by atoms with Gasteiger partial charge in [-0.1, -0.05) is 17.7 Å². The van der Waals surface area contributed by atoms with E-state index in [-0.39, 0.29) is 29.4 Å². The third-order valence-electron chi connectivity index (χ3n) is 2.18. The second-order valence-electron chi connectivity index (χ2n) is 3.58. The van der Waals surface area contributed by atoms with Crippen molar-refractivity contribution >= 4 is 27.5 Å². The van der Waals surface area contributed by atoms with Crippen molar-refractivity contribution in [1.29, 1.82) is 0 Å². The summed E-state index contributed by atoms with van der Waals surface area (Å²) < 4.78 is 26.0. The highest BCUT2D eigenvalue weighted by molar-refractivity contribution is 7.89. The third-order valence-corrected chi connectivity index (χ3v) is 4.13. The fourth-order valence-electron chi connectivity index (χ4n) is 1.28. The Balaban J connectivity index is 2.88. The number of hydrogen-bond acceptors (Lipinski definition) is 4. The monoisotopic (exact) mass is 291 g/mol. The zero-order valence-electron chi connectivity index (χ0n) is 9.52. The summed E-state index contributed by atoms with van der Waals surface area (Å²) in [7, 11) is -3.74. The van der Waals surface area contributed by atoms with Crippen LogP contribution in [-0.4, -0.2) is 20.9 Å². The van der Waals surface area contributed by atoms with Gasteiger partial charge < -0.3 is 11.5 Å². The van der Waals surface area contributed by atoms with Crippen LogP contribution >= 0.6 is 11.6 Å². The molecule has 1 rings (SSSR count). The highest BCUT2D eigenvalue weighted by Crippen LogP contribution is 2.22. The van der Waals surface area contributed by atoms with Crippen LogP contribution in [0.5, 0.6) is 0 Å². The van der Waals surface area contributed by atoms with Gasteiger partial charge >= 0.3 is 0 Å². The highest BCUT2D eigenvalue weighted by Gasteiger charge is 2.17. The Morgan fingerprint density at radius 1 is 1.39 bits per heavy atom. The molecule has 0 fully saturated rings. The summed E-state index contributed by atoms with van der Waals surface area (Å²) in [6.07, 6.45) is -0.0717. The van der Waals surface area contributed by atoms with Crippen LogP contribution in [0.4, 0.5) is 0 Å². The van der Waals surface area contributed by atoms with Gasteiger partial charge in [0.05, 0.1) is 5.02 Å². The van der Waals surface area contributed by atoms with Crippen LogP contribution in [0.15, 0.2) is 23.1 Å². The minimum Gasteiger partial charge on any atom is -0.370 e. The highest BCUT2D eigenvalue weighted by atomic mass is 35.5. The molecule has 0 heterocycles. The van der Waals surface area contributed by atoms with Gasteiger partial charge in [-0.2, -0.15) is 0 Å². The van der Waals surface area contributed by atoms with E-state index in [0.29, 0.717) is 0 Å². The van der Waals surface area contributed by atoms with Crippen molar-refractivity contribution in [3.8, 4) is 0 Å². The fourth-order valence-corrected chi connectivity index (χ4v) is 2.87. The first-order valence-electron chi connectivity index (χ1n) is 5.13. The molecule has 8 heteroatoms. The molecule has 0 spiro atoms. The summed E-state index contributed by atoms with van der Waals surface area (Å²) >= 11 is 5.87. The predicted molar refractivity (Wildman–Crippen MR) is 68.3 cm³/mol. The topological polar surface area (TPSA) is 115 Å². The molecule has 1 aromatic rings. The van der Waals surface area contributed by atoms with Crippen LogP contribution in [-0.2, 0) is 21.4 Å². The van der Waals surface area contributed by atoms with Crippen LogP contribution in [0.1, 0.15) is 12.0 Å².